The SMILES string of the molecule is CCOCCOC(=O)C(CC)S(=O)CCCO. The zero-order chi connectivity index (χ0) is 13.1. The molecule has 0 heterocycles. The third kappa shape index (κ3) is 7.46. The maximum atomic E-state index is 11.7. The second-order valence-electron chi connectivity index (χ2n) is 3.42. The largest absolute Gasteiger partial charge is 0.462 e. The average Bonchev–Trinajstić information content (AvgIpc) is 2.33. The number of carbonyl (C=O) groups excluding carboxylic acids is 1. The quantitative estimate of drug-likeness (QED) is 0.460. The molecule has 0 saturated heterocycles. The summed E-state index contributed by atoms with van der Waals surface area (Å²) >= 11 is 0. The van der Waals surface area contributed by atoms with E-state index >= 15 is 0 Å². The van der Waals surface area contributed by atoms with E-state index < -0.39 is 22.0 Å². The Kier molecular flexibility index (Phi) is 10.4. The van der Waals surface area contributed by atoms with Crippen molar-refractivity contribution in [3.63, 3.8) is 0 Å². The van der Waals surface area contributed by atoms with Crippen LogP contribution in [-0.2, 0) is 25.1 Å². The van der Waals surface area contributed by atoms with Gasteiger partial charge >= 0.3 is 5.97 Å². The third-order valence-corrected chi connectivity index (χ3v) is 3.98. The van der Waals surface area contributed by atoms with Crippen molar-refractivity contribution in [3.05, 3.63) is 0 Å². The fraction of sp³-hybridized carbons (Fsp3) is 0.909. The van der Waals surface area contributed by atoms with Gasteiger partial charge in [0, 0.05) is 29.8 Å². The van der Waals surface area contributed by atoms with Gasteiger partial charge in [-0.1, -0.05) is 6.92 Å². The Labute approximate surface area is 105 Å². The molecule has 2 unspecified atom stereocenters. The highest BCUT2D eigenvalue weighted by Crippen LogP contribution is 2.06. The van der Waals surface area contributed by atoms with Crippen molar-refractivity contribution in [2.75, 3.05) is 32.2 Å². The van der Waals surface area contributed by atoms with E-state index in [2.05, 4.69) is 0 Å². The van der Waals surface area contributed by atoms with Crippen molar-refractivity contribution in [3.8, 4) is 0 Å². The van der Waals surface area contributed by atoms with Crippen LogP contribution in [0.3, 0.4) is 0 Å². The summed E-state index contributed by atoms with van der Waals surface area (Å²) in [5.41, 5.74) is 0. The Bertz CT molecular complexity index is 232. The predicted octanol–water partition coefficient (Wildman–Crippen LogP) is 0.476. The highest BCUT2D eigenvalue weighted by atomic mass is 32.2. The average molecular weight is 266 g/mol. The number of carbonyl (C=O) groups is 1. The van der Waals surface area contributed by atoms with Gasteiger partial charge in [-0.2, -0.15) is 0 Å². The standard InChI is InChI=1S/C11H22O5S/c1-3-10(17(14)9-5-6-12)11(13)16-8-7-15-4-2/h10,12H,3-9H2,1-2H3. The van der Waals surface area contributed by atoms with Crippen molar-refractivity contribution in [1.82, 2.24) is 0 Å². The maximum absolute atomic E-state index is 11.7. The second-order valence-corrected chi connectivity index (χ2v) is 5.16. The minimum Gasteiger partial charge on any atom is -0.462 e. The molecule has 0 aromatic carbocycles. The first kappa shape index (κ1) is 16.5. The lowest BCUT2D eigenvalue weighted by atomic mass is 10.3. The van der Waals surface area contributed by atoms with Gasteiger partial charge < -0.3 is 14.6 Å². The Morgan fingerprint density at radius 2 is 2.06 bits per heavy atom. The van der Waals surface area contributed by atoms with Crippen LogP contribution in [0.15, 0.2) is 0 Å². The second kappa shape index (κ2) is 10.7. The van der Waals surface area contributed by atoms with E-state index in [1.54, 1.807) is 6.92 Å². The maximum Gasteiger partial charge on any atom is 0.321 e. The van der Waals surface area contributed by atoms with E-state index in [0.29, 0.717) is 31.8 Å². The van der Waals surface area contributed by atoms with Crippen molar-refractivity contribution in [1.29, 1.82) is 0 Å². The van der Waals surface area contributed by atoms with Gasteiger partial charge in [0.25, 0.3) is 0 Å². The number of aliphatic hydroxyl groups is 1. The monoisotopic (exact) mass is 266 g/mol. The molecule has 0 fully saturated rings. The molecule has 0 aliphatic rings. The van der Waals surface area contributed by atoms with E-state index in [1.807, 2.05) is 6.92 Å². The number of hydrogen-bond acceptors (Lipinski definition) is 5. The van der Waals surface area contributed by atoms with Gasteiger partial charge in [0.05, 0.1) is 6.61 Å². The first-order chi connectivity index (χ1) is 8.17. The number of ether oxygens (including phenoxy) is 2. The molecule has 5 nitrogen and oxygen atoms in total. The van der Waals surface area contributed by atoms with Crippen LogP contribution in [0.1, 0.15) is 26.7 Å². The Balaban J connectivity index is 3.98. The lowest BCUT2D eigenvalue weighted by molar-refractivity contribution is -0.144. The molecule has 0 spiro atoms. The minimum atomic E-state index is -1.27. The Morgan fingerprint density at radius 1 is 1.35 bits per heavy atom. The Hall–Kier alpha value is -0.460. The smallest absolute Gasteiger partial charge is 0.321 e. The third-order valence-electron chi connectivity index (χ3n) is 2.13. The van der Waals surface area contributed by atoms with Crippen LogP contribution < -0.4 is 0 Å². The zero-order valence-corrected chi connectivity index (χ0v) is 11.3. The molecular weight excluding hydrogens is 244 g/mol. The van der Waals surface area contributed by atoms with Gasteiger partial charge in [0.1, 0.15) is 11.9 Å². The molecule has 0 bridgehead atoms. The van der Waals surface area contributed by atoms with Crippen molar-refractivity contribution < 1.29 is 23.6 Å². The molecule has 17 heavy (non-hydrogen) atoms. The summed E-state index contributed by atoms with van der Waals surface area (Å²) < 4.78 is 21.7. The van der Waals surface area contributed by atoms with Gasteiger partial charge in [0.2, 0.25) is 0 Å². The molecule has 0 radical (unpaired) electrons. The summed E-state index contributed by atoms with van der Waals surface area (Å²) in [6, 6.07) is 0. The van der Waals surface area contributed by atoms with Crippen molar-refractivity contribution in [2.24, 2.45) is 0 Å². The first-order valence-corrected chi connectivity index (χ1v) is 7.27. The van der Waals surface area contributed by atoms with E-state index in [1.165, 1.54) is 0 Å². The van der Waals surface area contributed by atoms with E-state index in [9.17, 15) is 9.00 Å². The Morgan fingerprint density at radius 3 is 2.59 bits per heavy atom. The highest BCUT2D eigenvalue weighted by Gasteiger charge is 2.24. The van der Waals surface area contributed by atoms with Crippen LogP contribution in [0.5, 0.6) is 0 Å². The number of rotatable bonds is 10. The van der Waals surface area contributed by atoms with Crippen LogP contribution in [0.4, 0.5) is 0 Å². The van der Waals surface area contributed by atoms with Gasteiger partial charge in [-0.05, 0) is 19.8 Å². The van der Waals surface area contributed by atoms with Crippen LogP contribution in [0.25, 0.3) is 0 Å². The lowest BCUT2D eigenvalue weighted by Gasteiger charge is -2.13. The van der Waals surface area contributed by atoms with Gasteiger partial charge in [0.15, 0.2) is 0 Å². The minimum absolute atomic E-state index is 0.0123. The topological polar surface area (TPSA) is 72.8 Å². The number of esters is 1. The molecule has 6 heteroatoms. The number of aliphatic hydroxyl groups excluding tert-OH is 1. The summed E-state index contributed by atoms with van der Waals surface area (Å²) in [7, 11) is -1.27. The zero-order valence-electron chi connectivity index (χ0n) is 10.5. The fourth-order valence-corrected chi connectivity index (χ4v) is 2.60. The van der Waals surface area contributed by atoms with Crippen molar-refractivity contribution >= 4 is 16.8 Å². The molecule has 0 aromatic rings. The van der Waals surface area contributed by atoms with Crippen LogP contribution in [0.2, 0.25) is 0 Å². The molecule has 0 saturated carbocycles. The molecule has 0 aliphatic heterocycles. The molecule has 0 aromatic heterocycles. The lowest BCUT2D eigenvalue weighted by Crippen LogP contribution is -2.30. The normalized spacial score (nSPS) is 14.3. The summed E-state index contributed by atoms with van der Waals surface area (Å²) in [5.74, 6) is -0.112. The van der Waals surface area contributed by atoms with Crippen LogP contribution >= 0.6 is 0 Å². The summed E-state index contributed by atoms with van der Waals surface area (Å²) in [6.07, 6.45) is 0.918. The molecule has 1 N–H and O–H groups in total. The molecular formula is C11H22O5S. The molecule has 102 valence electrons. The molecule has 0 aliphatic carbocycles. The summed E-state index contributed by atoms with van der Waals surface area (Å²) in [4.78, 5) is 11.6. The van der Waals surface area contributed by atoms with E-state index in [4.69, 9.17) is 14.6 Å². The molecule has 0 rings (SSSR count). The molecule has 0 amide bonds. The highest BCUT2D eigenvalue weighted by molar-refractivity contribution is 7.86. The van der Waals surface area contributed by atoms with Crippen LogP contribution in [0, 0.1) is 0 Å². The predicted molar refractivity (Wildman–Crippen MR) is 66.2 cm³/mol. The van der Waals surface area contributed by atoms with Gasteiger partial charge in [-0.3, -0.25) is 9.00 Å². The first-order valence-electron chi connectivity index (χ1n) is 5.89. The van der Waals surface area contributed by atoms with Crippen LogP contribution in [-0.4, -0.2) is 52.7 Å². The van der Waals surface area contributed by atoms with E-state index in [0.717, 1.165) is 0 Å². The summed E-state index contributed by atoms with van der Waals surface area (Å²) in [6.45, 7) is 4.78. The number of hydrogen-bond donors (Lipinski definition) is 1. The van der Waals surface area contributed by atoms with Gasteiger partial charge in [-0.25, -0.2) is 0 Å². The van der Waals surface area contributed by atoms with Crippen molar-refractivity contribution in [2.45, 2.75) is 31.9 Å². The van der Waals surface area contributed by atoms with Gasteiger partial charge in [-0.15, -0.1) is 0 Å². The summed E-state index contributed by atoms with van der Waals surface area (Å²) in [5, 5.41) is 8.05. The van der Waals surface area contributed by atoms with E-state index in [-0.39, 0.29) is 13.2 Å². The molecule has 2 atom stereocenters. The fourth-order valence-electron chi connectivity index (χ4n) is 1.25.